The number of thiazole rings is 1. The van der Waals surface area contributed by atoms with Gasteiger partial charge < -0.3 is 10.2 Å². The number of hydrogen-bond acceptors (Lipinski definition) is 5. The lowest BCUT2D eigenvalue weighted by Gasteiger charge is -2.21. The number of nitrogens with zero attached hydrogens (tertiary/aromatic N) is 6. The highest BCUT2D eigenvalue weighted by atomic mass is 127. The lowest BCUT2D eigenvalue weighted by molar-refractivity contribution is 0.465. The van der Waals surface area contributed by atoms with Crippen LogP contribution in [0.15, 0.2) is 23.0 Å². The van der Waals surface area contributed by atoms with Crippen LogP contribution < -0.4 is 5.32 Å². The molecule has 0 unspecified atom stereocenters. The third-order valence-corrected chi connectivity index (χ3v) is 3.55. The summed E-state index contributed by atoms with van der Waals surface area (Å²) in [5.74, 6) is 0.843. The molecule has 0 aromatic carbocycles. The second kappa shape index (κ2) is 8.93. The molecule has 0 spiro atoms. The lowest BCUT2D eigenvalue weighted by Crippen LogP contribution is -2.39. The number of guanidine groups is 1. The minimum atomic E-state index is 0. The monoisotopic (exact) mass is 421 g/mol. The van der Waals surface area contributed by atoms with Gasteiger partial charge in [0.15, 0.2) is 5.96 Å². The number of hydrogen-bond donors (Lipinski definition) is 1. The van der Waals surface area contributed by atoms with Gasteiger partial charge in [0.1, 0.15) is 12.7 Å². The van der Waals surface area contributed by atoms with Crippen molar-refractivity contribution >= 4 is 41.3 Å². The Kier molecular flexibility index (Phi) is 7.57. The van der Waals surface area contributed by atoms with E-state index in [4.69, 9.17) is 0 Å². The second-order valence-corrected chi connectivity index (χ2v) is 5.41. The van der Waals surface area contributed by atoms with Gasteiger partial charge in [-0.3, -0.25) is 9.67 Å². The smallest absolute Gasteiger partial charge is 0.193 e. The zero-order valence-electron chi connectivity index (χ0n) is 12.4. The summed E-state index contributed by atoms with van der Waals surface area (Å²) in [5, 5.41) is 10.5. The van der Waals surface area contributed by atoms with E-state index < -0.39 is 0 Å². The molecule has 0 saturated carbocycles. The van der Waals surface area contributed by atoms with Gasteiger partial charge in [-0.15, -0.1) is 35.3 Å². The van der Waals surface area contributed by atoms with E-state index in [1.54, 1.807) is 29.4 Å². The molecule has 2 aromatic heterocycles. The van der Waals surface area contributed by atoms with Crippen molar-refractivity contribution in [3.63, 3.8) is 0 Å². The molecule has 2 heterocycles. The van der Waals surface area contributed by atoms with Gasteiger partial charge in [-0.2, -0.15) is 5.10 Å². The summed E-state index contributed by atoms with van der Waals surface area (Å²) >= 11 is 1.67. The minimum absolute atomic E-state index is 0. The van der Waals surface area contributed by atoms with Crippen molar-refractivity contribution in [2.75, 3.05) is 20.6 Å². The van der Waals surface area contributed by atoms with Gasteiger partial charge in [-0.25, -0.2) is 9.97 Å². The lowest BCUT2D eigenvalue weighted by atomic mass is 10.4. The van der Waals surface area contributed by atoms with Crippen LogP contribution >= 0.6 is 35.3 Å². The van der Waals surface area contributed by atoms with Crippen molar-refractivity contribution in [2.24, 2.45) is 4.99 Å². The predicted molar refractivity (Wildman–Crippen MR) is 95.1 cm³/mol. The number of aliphatic imine (C=N–C) groups is 1. The third-order valence-electron chi connectivity index (χ3n) is 2.73. The molecular formula is C12H20IN7S. The zero-order chi connectivity index (χ0) is 14.4. The first kappa shape index (κ1) is 17.8. The molecule has 0 aliphatic heterocycles. The van der Waals surface area contributed by atoms with Gasteiger partial charge in [0.2, 0.25) is 0 Å². The van der Waals surface area contributed by atoms with Crippen molar-refractivity contribution in [3.8, 4) is 0 Å². The summed E-state index contributed by atoms with van der Waals surface area (Å²) in [4.78, 5) is 14.7. The largest absolute Gasteiger partial charge is 0.354 e. The molecule has 0 aliphatic rings. The fourth-order valence-corrected chi connectivity index (χ4v) is 2.42. The van der Waals surface area contributed by atoms with Crippen LogP contribution in [0.5, 0.6) is 0 Å². The van der Waals surface area contributed by atoms with Gasteiger partial charge in [-0.05, 0) is 6.92 Å². The summed E-state index contributed by atoms with van der Waals surface area (Å²) in [6.45, 7) is 4.26. The molecule has 2 aromatic rings. The second-order valence-electron chi connectivity index (χ2n) is 4.35. The Balaban J connectivity index is 0.00000220. The molecule has 2 rings (SSSR count). The van der Waals surface area contributed by atoms with Gasteiger partial charge in [-0.1, -0.05) is 0 Å². The fourth-order valence-electron chi connectivity index (χ4n) is 1.81. The van der Waals surface area contributed by atoms with Crippen LogP contribution in [-0.2, 0) is 13.1 Å². The van der Waals surface area contributed by atoms with Crippen molar-refractivity contribution in [1.82, 2.24) is 30.0 Å². The van der Waals surface area contributed by atoms with Crippen LogP contribution in [0.3, 0.4) is 0 Å². The van der Waals surface area contributed by atoms with Crippen LogP contribution in [0.25, 0.3) is 0 Å². The van der Waals surface area contributed by atoms with Crippen molar-refractivity contribution in [1.29, 1.82) is 0 Å². The van der Waals surface area contributed by atoms with Gasteiger partial charge >= 0.3 is 0 Å². The molecule has 0 radical (unpaired) electrons. The number of rotatable bonds is 5. The Morgan fingerprint density at radius 2 is 2.33 bits per heavy atom. The van der Waals surface area contributed by atoms with Crippen LogP contribution in [0.1, 0.15) is 10.7 Å². The van der Waals surface area contributed by atoms with Gasteiger partial charge in [0.05, 0.1) is 23.8 Å². The van der Waals surface area contributed by atoms with E-state index in [1.165, 1.54) is 6.33 Å². The Morgan fingerprint density at radius 1 is 1.52 bits per heavy atom. The maximum absolute atomic E-state index is 4.46. The van der Waals surface area contributed by atoms with E-state index in [0.717, 1.165) is 36.3 Å². The SMILES string of the molecule is CN=C(NCCn1cncn1)N(C)Cc1csc(C)n1.I. The molecular weight excluding hydrogens is 401 g/mol. The molecule has 0 bridgehead atoms. The molecule has 116 valence electrons. The Labute approximate surface area is 145 Å². The van der Waals surface area contributed by atoms with Gasteiger partial charge in [0, 0.05) is 26.0 Å². The highest BCUT2D eigenvalue weighted by Gasteiger charge is 2.08. The molecule has 0 atom stereocenters. The number of aromatic nitrogens is 4. The summed E-state index contributed by atoms with van der Waals surface area (Å²) in [7, 11) is 3.78. The number of halogens is 1. The number of nitrogens with one attached hydrogen (secondary N) is 1. The Bertz CT molecular complexity index is 552. The molecule has 9 heteroatoms. The zero-order valence-corrected chi connectivity index (χ0v) is 15.5. The predicted octanol–water partition coefficient (Wildman–Crippen LogP) is 1.37. The normalized spacial score (nSPS) is 11.1. The molecule has 0 aliphatic carbocycles. The molecule has 0 fully saturated rings. The van der Waals surface area contributed by atoms with Crippen LogP contribution in [0.4, 0.5) is 0 Å². The van der Waals surface area contributed by atoms with E-state index in [-0.39, 0.29) is 24.0 Å². The van der Waals surface area contributed by atoms with Crippen molar-refractivity contribution in [2.45, 2.75) is 20.0 Å². The van der Waals surface area contributed by atoms with Crippen LogP contribution in [0.2, 0.25) is 0 Å². The highest BCUT2D eigenvalue weighted by molar-refractivity contribution is 14.0. The molecule has 1 N–H and O–H groups in total. The number of aryl methyl sites for hydroxylation is 1. The minimum Gasteiger partial charge on any atom is -0.354 e. The molecule has 7 nitrogen and oxygen atoms in total. The van der Waals surface area contributed by atoms with E-state index in [1.807, 2.05) is 14.0 Å². The van der Waals surface area contributed by atoms with E-state index >= 15 is 0 Å². The average Bonchev–Trinajstić information content (AvgIpc) is 3.06. The van der Waals surface area contributed by atoms with Crippen molar-refractivity contribution in [3.05, 3.63) is 28.7 Å². The summed E-state index contributed by atoms with van der Waals surface area (Å²) < 4.78 is 1.78. The third kappa shape index (κ3) is 5.58. The summed E-state index contributed by atoms with van der Waals surface area (Å²) in [5.41, 5.74) is 1.06. The summed E-state index contributed by atoms with van der Waals surface area (Å²) in [6, 6.07) is 0. The maximum atomic E-state index is 4.46. The van der Waals surface area contributed by atoms with Crippen LogP contribution in [0, 0.1) is 6.92 Å². The standard InChI is InChI=1S/C12H19N7S.HI/c1-10-17-11(7-20-10)6-18(3)12(13-2)15-4-5-19-9-14-8-16-19;/h7-9H,4-6H2,1-3H3,(H,13,15);1H. The van der Waals surface area contributed by atoms with Crippen molar-refractivity contribution < 1.29 is 0 Å². The molecule has 0 amide bonds. The first-order valence-electron chi connectivity index (χ1n) is 6.34. The Morgan fingerprint density at radius 3 is 2.90 bits per heavy atom. The van der Waals surface area contributed by atoms with Gasteiger partial charge in [0.25, 0.3) is 0 Å². The van der Waals surface area contributed by atoms with E-state index in [2.05, 4.69) is 35.7 Å². The highest BCUT2D eigenvalue weighted by Crippen LogP contribution is 2.09. The molecule has 21 heavy (non-hydrogen) atoms. The first-order chi connectivity index (χ1) is 9.69. The fraction of sp³-hybridized carbons (Fsp3) is 0.500. The maximum Gasteiger partial charge on any atom is 0.193 e. The van der Waals surface area contributed by atoms with Crippen LogP contribution in [-0.4, -0.2) is 51.2 Å². The molecule has 0 saturated heterocycles. The van der Waals surface area contributed by atoms with E-state index in [9.17, 15) is 0 Å². The topological polar surface area (TPSA) is 71.2 Å². The first-order valence-corrected chi connectivity index (χ1v) is 7.22. The Hall–Kier alpha value is -1.23. The quantitative estimate of drug-likeness (QED) is 0.449. The average molecular weight is 421 g/mol. The van der Waals surface area contributed by atoms with E-state index in [0.29, 0.717) is 0 Å². The summed E-state index contributed by atoms with van der Waals surface area (Å²) in [6.07, 6.45) is 3.23.